The van der Waals surface area contributed by atoms with E-state index >= 15 is 0 Å². The molecular weight excluding hydrogens is 384 g/mol. The highest BCUT2D eigenvalue weighted by molar-refractivity contribution is 5.84. The van der Waals surface area contributed by atoms with Gasteiger partial charge < -0.3 is 14.6 Å². The third kappa shape index (κ3) is 3.20. The lowest BCUT2D eigenvalue weighted by molar-refractivity contribution is -0.141. The molecule has 2 aliphatic rings. The summed E-state index contributed by atoms with van der Waals surface area (Å²) in [5.74, 6) is 0.947. The summed E-state index contributed by atoms with van der Waals surface area (Å²) in [6.07, 6.45) is 8.80. The van der Waals surface area contributed by atoms with Gasteiger partial charge in [0.25, 0.3) is 5.56 Å². The second kappa shape index (κ2) is 7.48. The van der Waals surface area contributed by atoms with Crippen molar-refractivity contribution in [3.05, 3.63) is 57.3 Å². The lowest BCUT2D eigenvalue weighted by Crippen LogP contribution is -2.32. The van der Waals surface area contributed by atoms with Crippen molar-refractivity contribution in [1.29, 1.82) is 0 Å². The number of aliphatic carboxylic acids is 1. The van der Waals surface area contributed by atoms with Crippen molar-refractivity contribution in [3.63, 3.8) is 0 Å². The predicted molar refractivity (Wildman–Crippen MR) is 114 cm³/mol. The first kappa shape index (κ1) is 19.9. The zero-order valence-electron chi connectivity index (χ0n) is 17.2. The number of aromatic nitrogens is 2. The molecule has 2 heterocycles. The Labute approximate surface area is 174 Å². The maximum atomic E-state index is 13.3. The second-order valence-electron chi connectivity index (χ2n) is 7.64. The number of hydrogen-bond acceptors (Lipinski definition) is 5. The van der Waals surface area contributed by atoms with E-state index in [-0.39, 0.29) is 11.6 Å². The van der Waals surface area contributed by atoms with E-state index in [2.05, 4.69) is 0 Å². The Kier molecular flexibility index (Phi) is 4.97. The molecule has 4 rings (SSSR count). The zero-order chi connectivity index (χ0) is 21.5. The molecule has 0 amide bonds. The lowest BCUT2D eigenvalue weighted by atomic mass is 10.0. The minimum atomic E-state index is -0.962. The van der Waals surface area contributed by atoms with Crippen molar-refractivity contribution in [2.75, 3.05) is 14.2 Å². The van der Waals surface area contributed by atoms with Gasteiger partial charge in [-0.05, 0) is 42.7 Å². The summed E-state index contributed by atoms with van der Waals surface area (Å²) in [6, 6.07) is 5.18. The fourth-order valence-corrected chi connectivity index (χ4v) is 4.03. The smallest absolute Gasteiger partial charge is 0.315 e. The van der Waals surface area contributed by atoms with Gasteiger partial charge in [-0.2, -0.15) is 0 Å². The molecule has 2 aromatic rings. The number of hydrogen-bond donors (Lipinski definition) is 1. The van der Waals surface area contributed by atoms with Crippen molar-refractivity contribution in [2.45, 2.75) is 32.2 Å². The van der Waals surface area contributed by atoms with Gasteiger partial charge in [0.15, 0.2) is 0 Å². The van der Waals surface area contributed by atoms with Crippen LogP contribution in [0, 0.1) is 5.41 Å². The Balaban J connectivity index is 1.77. The third-order valence-electron chi connectivity index (χ3n) is 5.78. The van der Waals surface area contributed by atoms with E-state index in [1.165, 1.54) is 0 Å². The predicted octanol–water partition coefficient (Wildman–Crippen LogP) is 3.43. The van der Waals surface area contributed by atoms with Crippen molar-refractivity contribution in [3.8, 4) is 11.5 Å². The van der Waals surface area contributed by atoms with E-state index in [0.717, 1.165) is 12.0 Å². The first-order valence-electron chi connectivity index (χ1n) is 9.92. The number of benzene rings is 1. The van der Waals surface area contributed by atoms with Crippen LogP contribution in [0.25, 0.3) is 18.2 Å². The van der Waals surface area contributed by atoms with Gasteiger partial charge in [0, 0.05) is 11.6 Å². The first-order valence-corrected chi connectivity index (χ1v) is 9.92. The van der Waals surface area contributed by atoms with Crippen LogP contribution in [0.5, 0.6) is 11.5 Å². The minimum Gasteiger partial charge on any atom is -0.497 e. The normalized spacial score (nSPS) is 21.2. The highest BCUT2D eigenvalue weighted by Crippen LogP contribution is 2.59. The SMILES string of the molecule is CCCc1c(C=Cc2cc(OC)cc(OC)c2)nc2n(c1=O)C1CC1(C(=O)O)C=C2. The van der Waals surface area contributed by atoms with Crippen LogP contribution in [0.1, 0.15) is 48.5 Å². The molecule has 30 heavy (non-hydrogen) atoms. The molecule has 1 aromatic carbocycles. The summed E-state index contributed by atoms with van der Waals surface area (Å²) in [5.41, 5.74) is 0.950. The second-order valence-corrected chi connectivity index (χ2v) is 7.64. The number of carboxylic acids is 1. The van der Waals surface area contributed by atoms with Crippen LogP contribution in [-0.2, 0) is 11.2 Å². The molecule has 0 radical (unpaired) electrons. The fraction of sp³-hybridized carbons (Fsp3) is 0.348. The quantitative estimate of drug-likeness (QED) is 0.755. The number of carbonyl (C=O) groups is 1. The number of methoxy groups -OCH3 is 2. The van der Waals surface area contributed by atoms with E-state index in [1.54, 1.807) is 37.0 Å². The van der Waals surface area contributed by atoms with Crippen LogP contribution in [0.4, 0.5) is 0 Å². The standard InChI is InChI=1S/C23H24N2O5/c1-4-5-17-18(7-6-14-10-15(29-2)12-16(11-14)30-3)24-20-8-9-23(22(27)28)13-19(23)25(20)21(17)26/h6-12,19H,4-5,13H2,1-3H3,(H,27,28). The topological polar surface area (TPSA) is 90.7 Å². The van der Waals surface area contributed by atoms with E-state index in [1.807, 2.05) is 31.2 Å². The largest absolute Gasteiger partial charge is 0.497 e. The van der Waals surface area contributed by atoms with Crippen LogP contribution in [-0.4, -0.2) is 34.8 Å². The molecule has 1 fully saturated rings. The molecule has 1 N–H and O–H groups in total. The van der Waals surface area contributed by atoms with Crippen molar-refractivity contribution in [2.24, 2.45) is 5.41 Å². The Morgan fingerprint density at radius 1 is 1.27 bits per heavy atom. The Hall–Kier alpha value is -3.35. The molecule has 0 saturated heterocycles. The molecule has 0 spiro atoms. The molecule has 2 unspecified atom stereocenters. The first-order chi connectivity index (χ1) is 14.4. The lowest BCUT2D eigenvalue weighted by Gasteiger charge is -2.19. The molecule has 156 valence electrons. The van der Waals surface area contributed by atoms with Crippen LogP contribution >= 0.6 is 0 Å². The molecule has 1 aliphatic heterocycles. The van der Waals surface area contributed by atoms with E-state index in [0.29, 0.717) is 41.4 Å². The van der Waals surface area contributed by atoms with Gasteiger partial charge in [0.2, 0.25) is 0 Å². The fourth-order valence-electron chi connectivity index (χ4n) is 4.03. The monoisotopic (exact) mass is 408 g/mol. The van der Waals surface area contributed by atoms with Gasteiger partial charge in [0.1, 0.15) is 22.7 Å². The van der Waals surface area contributed by atoms with Crippen LogP contribution in [0.2, 0.25) is 0 Å². The summed E-state index contributed by atoms with van der Waals surface area (Å²) >= 11 is 0. The Morgan fingerprint density at radius 3 is 2.57 bits per heavy atom. The van der Waals surface area contributed by atoms with Gasteiger partial charge in [-0.1, -0.05) is 25.5 Å². The highest BCUT2D eigenvalue weighted by atomic mass is 16.5. The molecular formula is C23H24N2O5. The number of ether oxygens (including phenoxy) is 2. The average Bonchev–Trinajstić information content (AvgIpc) is 3.50. The van der Waals surface area contributed by atoms with Gasteiger partial charge in [0.05, 0.1) is 26.0 Å². The Bertz CT molecular complexity index is 1110. The maximum absolute atomic E-state index is 13.3. The molecule has 2 atom stereocenters. The molecule has 1 aromatic heterocycles. The summed E-state index contributed by atoms with van der Waals surface area (Å²) in [6.45, 7) is 2.00. The van der Waals surface area contributed by atoms with Crippen molar-refractivity contribution in [1.82, 2.24) is 9.55 Å². The highest BCUT2D eigenvalue weighted by Gasteiger charge is 2.62. The van der Waals surface area contributed by atoms with Crippen molar-refractivity contribution < 1.29 is 19.4 Å². The van der Waals surface area contributed by atoms with Crippen LogP contribution < -0.4 is 15.0 Å². The zero-order valence-corrected chi connectivity index (χ0v) is 17.2. The van der Waals surface area contributed by atoms with E-state index in [9.17, 15) is 14.7 Å². The summed E-state index contributed by atoms with van der Waals surface area (Å²) in [4.78, 5) is 29.6. The summed E-state index contributed by atoms with van der Waals surface area (Å²) in [5, 5.41) is 9.56. The summed E-state index contributed by atoms with van der Waals surface area (Å²) in [7, 11) is 3.18. The van der Waals surface area contributed by atoms with Gasteiger partial charge in [-0.15, -0.1) is 0 Å². The Morgan fingerprint density at radius 2 is 1.97 bits per heavy atom. The van der Waals surface area contributed by atoms with Crippen LogP contribution in [0.3, 0.4) is 0 Å². The van der Waals surface area contributed by atoms with Gasteiger partial charge >= 0.3 is 5.97 Å². The van der Waals surface area contributed by atoms with Gasteiger partial charge in [-0.3, -0.25) is 14.2 Å². The number of fused-ring (bicyclic) bond motifs is 3. The third-order valence-corrected chi connectivity index (χ3v) is 5.78. The van der Waals surface area contributed by atoms with Crippen LogP contribution in [0.15, 0.2) is 29.1 Å². The molecule has 1 saturated carbocycles. The number of carboxylic acid groups (broad SMARTS) is 1. The van der Waals surface area contributed by atoms with Crippen molar-refractivity contribution >= 4 is 24.2 Å². The molecule has 7 heteroatoms. The molecule has 7 nitrogen and oxygen atoms in total. The summed E-state index contributed by atoms with van der Waals surface area (Å²) < 4.78 is 12.2. The molecule has 0 bridgehead atoms. The van der Waals surface area contributed by atoms with E-state index in [4.69, 9.17) is 14.5 Å². The minimum absolute atomic E-state index is 0.151. The average molecular weight is 408 g/mol. The van der Waals surface area contributed by atoms with Gasteiger partial charge in [-0.25, -0.2) is 4.98 Å². The number of nitrogens with zero attached hydrogens (tertiary/aromatic N) is 2. The molecule has 1 aliphatic carbocycles. The maximum Gasteiger partial charge on any atom is 0.315 e. The number of rotatable bonds is 7. The van der Waals surface area contributed by atoms with E-state index < -0.39 is 11.4 Å².